The SMILES string of the molecule is O=C(NCN1CCN(CCO)CC1)c1cccc(Cl)c1. The van der Waals surface area contributed by atoms with Gasteiger partial charge in [-0.1, -0.05) is 17.7 Å². The quantitative estimate of drug-likeness (QED) is 0.837. The molecule has 0 spiro atoms. The van der Waals surface area contributed by atoms with Gasteiger partial charge in [-0.2, -0.15) is 0 Å². The van der Waals surface area contributed by atoms with Gasteiger partial charge in [0.2, 0.25) is 0 Å². The molecule has 1 heterocycles. The summed E-state index contributed by atoms with van der Waals surface area (Å²) in [5.74, 6) is -0.106. The van der Waals surface area contributed by atoms with Crippen molar-refractivity contribution in [3.63, 3.8) is 0 Å². The molecule has 1 aromatic carbocycles. The number of hydrogen-bond donors (Lipinski definition) is 2. The Balaban J connectivity index is 1.74. The van der Waals surface area contributed by atoms with E-state index in [1.54, 1.807) is 24.3 Å². The minimum Gasteiger partial charge on any atom is -0.395 e. The zero-order valence-corrected chi connectivity index (χ0v) is 12.1. The molecule has 0 atom stereocenters. The molecule has 2 N–H and O–H groups in total. The molecule has 0 radical (unpaired) electrons. The zero-order chi connectivity index (χ0) is 14.4. The minimum absolute atomic E-state index is 0.106. The highest BCUT2D eigenvalue weighted by molar-refractivity contribution is 6.30. The van der Waals surface area contributed by atoms with Crippen LogP contribution in [0.2, 0.25) is 5.02 Å². The van der Waals surface area contributed by atoms with Crippen LogP contribution in [0.3, 0.4) is 0 Å². The number of benzene rings is 1. The smallest absolute Gasteiger partial charge is 0.252 e. The Kier molecular flexibility index (Phi) is 5.79. The summed E-state index contributed by atoms with van der Waals surface area (Å²) in [6.07, 6.45) is 0. The Morgan fingerprint density at radius 1 is 1.25 bits per heavy atom. The lowest BCUT2D eigenvalue weighted by Crippen LogP contribution is -2.50. The number of hydrogen-bond acceptors (Lipinski definition) is 4. The van der Waals surface area contributed by atoms with Crippen molar-refractivity contribution in [3.8, 4) is 0 Å². The maximum absolute atomic E-state index is 12.0. The zero-order valence-electron chi connectivity index (χ0n) is 11.4. The second-order valence-corrected chi connectivity index (χ2v) is 5.29. The van der Waals surface area contributed by atoms with Crippen LogP contribution in [0.1, 0.15) is 10.4 Å². The molecule has 0 aromatic heterocycles. The third-order valence-corrected chi connectivity index (χ3v) is 3.67. The summed E-state index contributed by atoms with van der Waals surface area (Å²) in [7, 11) is 0. The molecular weight excluding hydrogens is 278 g/mol. The van der Waals surface area contributed by atoms with Crippen molar-refractivity contribution in [2.24, 2.45) is 0 Å². The van der Waals surface area contributed by atoms with Gasteiger partial charge in [-0.05, 0) is 18.2 Å². The van der Waals surface area contributed by atoms with E-state index in [0.717, 1.165) is 32.7 Å². The molecule has 1 aliphatic rings. The van der Waals surface area contributed by atoms with Crippen molar-refractivity contribution in [3.05, 3.63) is 34.9 Å². The molecule has 0 unspecified atom stereocenters. The molecule has 0 aliphatic carbocycles. The van der Waals surface area contributed by atoms with Gasteiger partial charge in [0.05, 0.1) is 13.3 Å². The topological polar surface area (TPSA) is 55.8 Å². The molecule has 0 saturated carbocycles. The van der Waals surface area contributed by atoms with Gasteiger partial charge in [0.15, 0.2) is 0 Å². The fraction of sp³-hybridized carbons (Fsp3) is 0.500. The summed E-state index contributed by atoms with van der Waals surface area (Å²) in [6.45, 7) is 5.11. The fourth-order valence-corrected chi connectivity index (χ4v) is 2.42. The molecule has 20 heavy (non-hydrogen) atoms. The van der Waals surface area contributed by atoms with Crippen LogP contribution in [0, 0.1) is 0 Å². The first-order valence-electron chi connectivity index (χ1n) is 6.78. The standard InChI is InChI=1S/C14H20ClN3O2/c15-13-3-1-2-12(10-13)14(20)16-11-18-6-4-17(5-7-18)8-9-19/h1-3,10,19H,4-9,11H2,(H,16,20). The lowest BCUT2D eigenvalue weighted by Gasteiger charge is -2.34. The number of amides is 1. The lowest BCUT2D eigenvalue weighted by molar-refractivity contribution is 0.0847. The van der Waals surface area contributed by atoms with Crippen LogP contribution < -0.4 is 5.32 Å². The molecule has 1 amide bonds. The van der Waals surface area contributed by atoms with E-state index in [0.29, 0.717) is 17.3 Å². The molecule has 1 aromatic rings. The number of carbonyl (C=O) groups excluding carboxylic acids is 1. The Bertz CT molecular complexity index is 448. The fourth-order valence-electron chi connectivity index (χ4n) is 2.23. The number of halogens is 1. The van der Waals surface area contributed by atoms with E-state index in [9.17, 15) is 4.79 Å². The lowest BCUT2D eigenvalue weighted by atomic mass is 10.2. The monoisotopic (exact) mass is 297 g/mol. The van der Waals surface area contributed by atoms with Crippen LogP contribution in [0.25, 0.3) is 0 Å². The first-order valence-corrected chi connectivity index (χ1v) is 7.16. The number of β-amino-alcohol motifs (C(OH)–C–C–N with tert-alkyl or cyclic N) is 1. The summed E-state index contributed by atoms with van der Waals surface area (Å²) >= 11 is 5.87. The molecular formula is C14H20ClN3O2. The molecule has 110 valence electrons. The van der Waals surface area contributed by atoms with E-state index in [1.807, 2.05) is 0 Å². The van der Waals surface area contributed by atoms with E-state index >= 15 is 0 Å². The van der Waals surface area contributed by atoms with E-state index in [4.69, 9.17) is 16.7 Å². The molecule has 2 rings (SSSR count). The van der Waals surface area contributed by atoms with Crippen LogP contribution in [0.5, 0.6) is 0 Å². The maximum Gasteiger partial charge on any atom is 0.252 e. The van der Waals surface area contributed by atoms with Gasteiger partial charge in [-0.25, -0.2) is 0 Å². The van der Waals surface area contributed by atoms with Gasteiger partial charge >= 0.3 is 0 Å². The number of carbonyl (C=O) groups is 1. The van der Waals surface area contributed by atoms with Crippen LogP contribution >= 0.6 is 11.6 Å². The van der Waals surface area contributed by atoms with Crippen molar-refractivity contribution in [1.29, 1.82) is 0 Å². The third kappa shape index (κ3) is 4.45. The van der Waals surface area contributed by atoms with Crippen LogP contribution in [-0.2, 0) is 0 Å². The van der Waals surface area contributed by atoms with E-state index in [2.05, 4.69) is 15.1 Å². The van der Waals surface area contributed by atoms with E-state index < -0.39 is 0 Å². The molecule has 1 fully saturated rings. The second-order valence-electron chi connectivity index (χ2n) is 4.86. The highest BCUT2D eigenvalue weighted by Gasteiger charge is 2.16. The number of rotatable bonds is 5. The number of aliphatic hydroxyl groups is 1. The average Bonchev–Trinajstić information content (AvgIpc) is 2.46. The normalized spacial score (nSPS) is 17.1. The predicted octanol–water partition coefficient (Wildman–Crippen LogP) is 0.637. The number of piperazine rings is 1. The molecule has 6 heteroatoms. The van der Waals surface area contributed by atoms with Gasteiger partial charge in [-0.15, -0.1) is 0 Å². The van der Waals surface area contributed by atoms with E-state index in [1.165, 1.54) is 0 Å². The first-order chi connectivity index (χ1) is 9.69. The highest BCUT2D eigenvalue weighted by Crippen LogP contribution is 2.10. The third-order valence-electron chi connectivity index (χ3n) is 3.43. The van der Waals surface area contributed by atoms with Gasteiger partial charge < -0.3 is 10.4 Å². The summed E-state index contributed by atoms with van der Waals surface area (Å²) in [6, 6.07) is 6.93. The second kappa shape index (κ2) is 7.59. The van der Waals surface area contributed by atoms with Gasteiger partial charge in [0, 0.05) is 43.3 Å². The largest absolute Gasteiger partial charge is 0.395 e. The Labute approximate surface area is 124 Å². The number of nitrogens with zero attached hydrogens (tertiary/aromatic N) is 2. The minimum atomic E-state index is -0.106. The van der Waals surface area contributed by atoms with Crippen LogP contribution in [0.15, 0.2) is 24.3 Å². The van der Waals surface area contributed by atoms with Crippen molar-refractivity contribution in [2.75, 3.05) is 46.0 Å². The number of aliphatic hydroxyl groups excluding tert-OH is 1. The van der Waals surface area contributed by atoms with E-state index in [-0.39, 0.29) is 12.5 Å². The Morgan fingerprint density at radius 3 is 2.60 bits per heavy atom. The molecule has 0 bridgehead atoms. The van der Waals surface area contributed by atoms with Crippen LogP contribution in [-0.4, -0.2) is 66.8 Å². The summed E-state index contributed by atoms with van der Waals surface area (Å²) in [5, 5.41) is 12.4. The highest BCUT2D eigenvalue weighted by atomic mass is 35.5. The summed E-state index contributed by atoms with van der Waals surface area (Å²) in [4.78, 5) is 16.4. The molecule has 1 saturated heterocycles. The van der Waals surface area contributed by atoms with Gasteiger partial charge in [0.25, 0.3) is 5.91 Å². The van der Waals surface area contributed by atoms with Crippen molar-refractivity contribution in [1.82, 2.24) is 15.1 Å². The summed E-state index contributed by atoms with van der Waals surface area (Å²) in [5.41, 5.74) is 0.580. The Hall–Kier alpha value is -1.14. The van der Waals surface area contributed by atoms with Crippen molar-refractivity contribution in [2.45, 2.75) is 0 Å². The van der Waals surface area contributed by atoms with Crippen molar-refractivity contribution < 1.29 is 9.90 Å². The number of nitrogens with one attached hydrogen (secondary N) is 1. The van der Waals surface area contributed by atoms with Gasteiger partial charge in [-0.3, -0.25) is 14.6 Å². The predicted molar refractivity (Wildman–Crippen MR) is 78.9 cm³/mol. The summed E-state index contributed by atoms with van der Waals surface area (Å²) < 4.78 is 0. The van der Waals surface area contributed by atoms with Gasteiger partial charge in [0.1, 0.15) is 0 Å². The molecule has 5 nitrogen and oxygen atoms in total. The van der Waals surface area contributed by atoms with Crippen LogP contribution in [0.4, 0.5) is 0 Å². The van der Waals surface area contributed by atoms with Crippen molar-refractivity contribution >= 4 is 17.5 Å². The maximum atomic E-state index is 12.0. The first kappa shape index (κ1) is 15.3. The average molecular weight is 298 g/mol. The Morgan fingerprint density at radius 2 is 1.95 bits per heavy atom. The molecule has 1 aliphatic heterocycles.